The Hall–Kier alpha value is -5.18. The molecule has 0 bridgehead atoms. The van der Waals surface area contributed by atoms with E-state index in [0.29, 0.717) is 11.1 Å². The second-order valence-corrected chi connectivity index (χ2v) is 9.56. The van der Waals surface area contributed by atoms with Gasteiger partial charge in [0.05, 0.1) is 17.4 Å². The van der Waals surface area contributed by atoms with Crippen LogP contribution in [0.2, 0.25) is 0 Å². The quantitative estimate of drug-likeness (QED) is 0.254. The maximum absolute atomic E-state index is 14.2. The fourth-order valence-electron chi connectivity index (χ4n) is 5.36. The second-order valence-electron chi connectivity index (χ2n) is 9.56. The number of rotatable bonds is 3. The van der Waals surface area contributed by atoms with Gasteiger partial charge in [0.15, 0.2) is 11.6 Å². The standard InChI is InChI=1S/C30H22O9/c31-16-5-1-14(2-6-16)29-25(27(36)20-10-9-18(33)12-22(20)38-29)26-28(37)24-21(35)11-19(34)13-23(24)39-30(26)15-3-7-17(32)8-4-15/h1-13,25-26,29-35H/t25-,26-,29+,30+/m0/s1. The summed E-state index contributed by atoms with van der Waals surface area (Å²) >= 11 is 0. The van der Waals surface area contributed by atoms with E-state index in [4.69, 9.17) is 9.47 Å². The third kappa shape index (κ3) is 4.04. The van der Waals surface area contributed by atoms with Crippen LogP contribution in [-0.2, 0) is 0 Å². The molecule has 5 N–H and O–H groups in total. The Bertz CT molecular complexity index is 1610. The fraction of sp³-hybridized carbons (Fsp3) is 0.133. The van der Waals surface area contributed by atoms with Crippen LogP contribution in [0.15, 0.2) is 78.9 Å². The lowest BCUT2D eigenvalue weighted by Gasteiger charge is -2.42. The number of phenolic OH excluding ortho intramolecular Hbond substituents is 5. The zero-order valence-electron chi connectivity index (χ0n) is 20.2. The molecule has 9 heteroatoms. The normalized spacial score (nSPS) is 21.8. The van der Waals surface area contributed by atoms with Gasteiger partial charge in [-0.1, -0.05) is 24.3 Å². The van der Waals surface area contributed by atoms with Gasteiger partial charge in [0, 0.05) is 18.2 Å². The van der Waals surface area contributed by atoms with Gasteiger partial charge in [-0.05, 0) is 47.5 Å². The molecule has 4 aromatic carbocycles. The summed E-state index contributed by atoms with van der Waals surface area (Å²) in [6, 6.07) is 18.3. The number of fused-ring (bicyclic) bond motifs is 2. The van der Waals surface area contributed by atoms with Gasteiger partial charge in [-0.15, -0.1) is 0 Å². The summed E-state index contributed by atoms with van der Waals surface area (Å²) in [6.07, 6.45) is -2.10. The number of carbonyl (C=O) groups is 2. The lowest BCUT2D eigenvalue weighted by atomic mass is 9.69. The molecule has 0 saturated carbocycles. The van der Waals surface area contributed by atoms with Crippen molar-refractivity contribution in [1.82, 2.24) is 0 Å². The molecule has 2 aliphatic heterocycles. The Kier molecular flexibility index (Phi) is 5.57. The number of phenols is 5. The number of hydrogen-bond acceptors (Lipinski definition) is 9. The zero-order valence-corrected chi connectivity index (χ0v) is 20.2. The smallest absolute Gasteiger partial charge is 0.178 e. The highest BCUT2D eigenvalue weighted by molar-refractivity contribution is 6.10. The van der Waals surface area contributed by atoms with Crippen molar-refractivity contribution in [1.29, 1.82) is 0 Å². The molecule has 0 spiro atoms. The number of ketones is 2. The monoisotopic (exact) mass is 526 g/mol. The summed E-state index contributed by atoms with van der Waals surface area (Å²) in [5.41, 5.74) is 0.930. The molecule has 6 rings (SSSR count). The maximum Gasteiger partial charge on any atom is 0.178 e. The molecule has 0 radical (unpaired) electrons. The van der Waals surface area contributed by atoms with Crippen LogP contribution in [0, 0.1) is 11.8 Å². The lowest BCUT2D eigenvalue weighted by Crippen LogP contribution is -2.45. The molecule has 39 heavy (non-hydrogen) atoms. The number of carbonyl (C=O) groups excluding carboxylic acids is 2. The van der Waals surface area contributed by atoms with Crippen molar-refractivity contribution in [2.75, 3.05) is 0 Å². The van der Waals surface area contributed by atoms with Gasteiger partial charge in [0.1, 0.15) is 58.0 Å². The fourth-order valence-corrected chi connectivity index (χ4v) is 5.36. The first-order valence-corrected chi connectivity index (χ1v) is 12.1. The first kappa shape index (κ1) is 24.2. The van der Waals surface area contributed by atoms with Crippen molar-refractivity contribution >= 4 is 11.6 Å². The van der Waals surface area contributed by atoms with E-state index in [-0.39, 0.29) is 45.6 Å². The molecule has 2 aliphatic rings. The van der Waals surface area contributed by atoms with E-state index in [0.717, 1.165) is 6.07 Å². The molecule has 0 aromatic heterocycles. The Morgan fingerprint density at radius 3 is 1.59 bits per heavy atom. The average Bonchev–Trinajstić information content (AvgIpc) is 2.89. The Balaban J connectivity index is 1.57. The molecule has 196 valence electrons. The average molecular weight is 526 g/mol. The van der Waals surface area contributed by atoms with Crippen LogP contribution in [0.3, 0.4) is 0 Å². The van der Waals surface area contributed by atoms with Gasteiger partial charge in [-0.25, -0.2) is 0 Å². The lowest BCUT2D eigenvalue weighted by molar-refractivity contribution is 0.0132. The molecule has 2 heterocycles. The highest BCUT2D eigenvalue weighted by Crippen LogP contribution is 2.52. The molecule has 9 nitrogen and oxygen atoms in total. The van der Waals surface area contributed by atoms with Crippen LogP contribution < -0.4 is 9.47 Å². The third-order valence-corrected chi connectivity index (χ3v) is 7.14. The number of benzene rings is 4. The highest BCUT2D eigenvalue weighted by Gasteiger charge is 2.53. The second kappa shape index (κ2) is 8.98. The van der Waals surface area contributed by atoms with E-state index in [2.05, 4.69) is 0 Å². The Morgan fingerprint density at radius 1 is 0.513 bits per heavy atom. The number of Topliss-reactive ketones (excluding diaryl/α,β-unsaturated/α-hetero) is 2. The van der Waals surface area contributed by atoms with E-state index >= 15 is 0 Å². The summed E-state index contributed by atoms with van der Waals surface area (Å²) in [6.45, 7) is 0. The largest absolute Gasteiger partial charge is 0.508 e. The van der Waals surface area contributed by atoms with E-state index in [1.54, 1.807) is 24.3 Å². The van der Waals surface area contributed by atoms with Crippen LogP contribution in [0.4, 0.5) is 0 Å². The molecule has 4 atom stereocenters. The SMILES string of the molecule is O=C1c2ccc(O)cc2O[C@H](c2ccc(O)cc2)[C@H]1[C@H]1C(=O)c2c(O)cc(O)cc2O[C@@H]1c1ccc(O)cc1. The van der Waals surface area contributed by atoms with E-state index < -0.39 is 41.4 Å². The van der Waals surface area contributed by atoms with Crippen molar-refractivity contribution in [2.24, 2.45) is 11.8 Å². The van der Waals surface area contributed by atoms with Crippen LogP contribution in [0.1, 0.15) is 44.1 Å². The number of hydrogen-bond donors (Lipinski definition) is 5. The van der Waals surface area contributed by atoms with Crippen molar-refractivity contribution in [2.45, 2.75) is 12.2 Å². The van der Waals surface area contributed by atoms with Crippen LogP contribution in [-0.4, -0.2) is 37.1 Å². The zero-order chi connectivity index (χ0) is 27.4. The maximum atomic E-state index is 14.2. The predicted octanol–water partition coefficient (Wildman–Crippen LogP) is 4.78. The Labute approximate surface area is 221 Å². The minimum Gasteiger partial charge on any atom is -0.508 e. The first-order valence-electron chi connectivity index (χ1n) is 12.1. The third-order valence-electron chi connectivity index (χ3n) is 7.14. The van der Waals surface area contributed by atoms with Gasteiger partial charge in [0.25, 0.3) is 0 Å². The number of aromatic hydroxyl groups is 5. The van der Waals surface area contributed by atoms with Gasteiger partial charge in [-0.2, -0.15) is 0 Å². The molecule has 4 aromatic rings. The summed E-state index contributed by atoms with van der Waals surface area (Å²) in [5.74, 6) is -4.28. The minimum absolute atomic E-state index is 0.00631. The van der Waals surface area contributed by atoms with E-state index in [9.17, 15) is 35.1 Å². The van der Waals surface area contributed by atoms with Crippen molar-refractivity contribution < 1.29 is 44.6 Å². The highest BCUT2D eigenvalue weighted by atomic mass is 16.5. The van der Waals surface area contributed by atoms with Crippen molar-refractivity contribution in [3.8, 4) is 40.2 Å². The molecule has 0 saturated heterocycles. The molecule has 0 unspecified atom stereocenters. The van der Waals surface area contributed by atoms with E-state index in [1.165, 1.54) is 48.5 Å². The molecule has 0 aliphatic carbocycles. The Morgan fingerprint density at radius 2 is 1.00 bits per heavy atom. The minimum atomic E-state index is -1.22. The van der Waals surface area contributed by atoms with E-state index in [1.807, 2.05) is 0 Å². The summed E-state index contributed by atoms with van der Waals surface area (Å²) < 4.78 is 12.5. The summed E-state index contributed by atoms with van der Waals surface area (Å²) in [5, 5.41) is 50.4. The molecular formula is C30H22O9. The van der Waals surface area contributed by atoms with Gasteiger partial charge < -0.3 is 35.0 Å². The van der Waals surface area contributed by atoms with Gasteiger partial charge in [0.2, 0.25) is 0 Å². The van der Waals surface area contributed by atoms with Gasteiger partial charge in [-0.3, -0.25) is 9.59 Å². The van der Waals surface area contributed by atoms with Crippen molar-refractivity contribution in [3.05, 3.63) is 101 Å². The molecular weight excluding hydrogens is 504 g/mol. The van der Waals surface area contributed by atoms with Crippen LogP contribution >= 0.6 is 0 Å². The number of ether oxygens (including phenoxy) is 2. The summed E-state index contributed by atoms with van der Waals surface area (Å²) in [4.78, 5) is 28.3. The molecule has 0 amide bonds. The topological polar surface area (TPSA) is 154 Å². The summed E-state index contributed by atoms with van der Waals surface area (Å²) in [7, 11) is 0. The van der Waals surface area contributed by atoms with Gasteiger partial charge >= 0.3 is 0 Å². The molecule has 0 fully saturated rings. The predicted molar refractivity (Wildman–Crippen MR) is 136 cm³/mol. The van der Waals surface area contributed by atoms with Crippen molar-refractivity contribution in [3.63, 3.8) is 0 Å². The first-order chi connectivity index (χ1) is 18.7. The van der Waals surface area contributed by atoms with Crippen LogP contribution in [0.25, 0.3) is 0 Å². The van der Waals surface area contributed by atoms with Crippen LogP contribution in [0.5, 0.6) is 40.2 Å².